The van der Waals surface area contributed by atoms with Crippen LogP contribution >= 0.6 is 0 Å². The van der Waals surface area contributed by atoms with Crippen LogP contribution in [0.1, 0.15) is 58.6 Å². The van der Waals surface area contributed by atoms with E-state index < -0.39 is 12.1 Å². The molecule has 1 saturated carbocycles. The van der Waals surface area contributed by atoms with Gasteiger partial charge in [-0.1, -0.05) is 25.0 Å². The highest BCUT2D eigenvalue weighted by Gasteiger charge is 2.34. The molecule has 0 unspecified atom stereocenters. The number of halogens is 1. The van der Waals surface area contributed by atoms with Crippen molar-refractivity contribution in [2.45, 2.75) is 57.5 Å². The molecule has 2 fully saturated rings. The standard InChI is InChI=1S/C36H41FN4O4/c37-32-6-2-1-5-30(32)34-31-9-7-26(36(42)43)21-33(31)41-15-14-40(13-12-39-16-18-44-19-17-39)23-27-20-28(8-10-29(27)35(34)41)45-24-25-4-3-11-38-22-25/h3-4,7-11,20-22,30,32H,1-2,5-6,12-19,23-24H2,(H,42,43)/t30-,32-/m0/s1. The summed E-state index contributed by atoms with van der Waals surface area (Å²) in [4.78, 5) is 21.2. The number of aromatic carboxylic acids is 1. The molecule has 2 atom stereocenters. The fourth-order valence-corrected chi connectivity index (χ4v) is 7.35. The van der Waals surface area contributed by atoms with Crippen LogP contribution in [0, 0.1) is 0 Å². The Kier molecular flexibility index (Phi) is 8.83. The van der Waals surface area contributed by atoms with Crippen LogP contribution in [0.25, 0.3) is 22.2 Å². The zero-order chi connectivity index (χ0) is 30.8. The summed E-state index contributed by atoms with van der Waals surface area (Å²) in [5.41, 5.74) is 6.39. The molecule has 45 heavy (non-hydrogen) atoms. The normalized spacial score (nSPS) is 21.1. The van der Waals surface area contributed by atoms with Crippen LogP contribution in [0.3, 0.4) is 0 Å². The van der Waals surface area contributed by atoms with Gasteiger partial charge in [0.25, 0.3) is 0 Å². The number of carboxylic acid groups (broad SMARTS) is 1. The van der Waals surface area contributed by atoms with Crippen molar-refractivity contribution in [2.24, 2.45) is 0 Å². The number of carbonyl (C=O) groups is 1. The molecule has 0 spiro atoms. The Balaban J connectivity index is 1.33. The number of benzene rings is 2. The van der Waals surface area contributed by atoms with Crippen LogP contribution in [-0.2, 0) is 24.4 Å². The summed E-state index contributed by atoms with van der Waals surface area (Å²) in [6.07, 6.45) is 5.90. The van der Waals surface area contributed by atoms with E-state index >= 15 is 4.39 Å². The highest BCUT2D eigenvalue weighted by atomic mass is 19.1. The minimum absolute atomic E-state index is 0.223. The van der Waals surface area contributed by atoms with Crippen LogP contribution in [0.2, 0.25) is 0 Å². The van der Waals surface area contributed by atoms with Gasteiger partial charge in [-0.3, -0.25) is 14.8 Å². The Morgan fingerprint density at radius 1 is 1.00 bits per heavy atom. The lowest BCUT2D eigenvalue weighted by Crippen LogP contribution is -2.42. The van der Waals surface area contributed by atoms with E-state index in [4.69, 9.17) is 9.47 Å². The van der Waals surface area contributed by atoms with Gasteiger partial charge in [-0.25, -0.2) is 9.18 Å². The second-order valence-corrected chi connectivity index (χ2v) is 12.6. The number of morpholine rings is 1. The number of alkyl halides is 1. The Morgan fingerprint density at radius 2 is 1.84 bits per heavy atom. The average molecular weight is 613 g/mol. The van der Waals surface area contributed by atoms with Gasteiger partial charge in [0.2, 0.25) is 0 Å². The molecule has 2 aromatic carbocycles. The maximum atomic E-state index is 15.8. The van der Waals surface area contributed by atoms with Gasteiger partial charge in [0, 0.05) is 86.2 Å². The molecule has 2 aliphatic heterocycles. The number of fused-ring (bicyclic) bond motifs is 5. The molecule has 4 aromatic rings. The Morgan fingerprint density at radius 3 is 2.64 bits per heavy atom. The summed E-state index contributed by atoms with van der Waals surface area (Å²) in [7, 11) is 0. The molecule has 236 valence electrons. The topological polar surface area (TPSA) is 80.1 Å². The lowest BCUT2D eigenvalue weighted by Gasteiger charge is -2.33. The van der Waals surface area contributed by atoms with E-state index in [0.29, 0.717) is 19.6 Å². The summed E-state index contributed by atoms with van der Waals surface area (Å²) < 4.78 is 29.9. The monoisotopic (exact) mass is 612 g/mol. The molecule has 1 N–H and O–H groups in total. The average Bonchev–Trinajstić information content (AvgIpc) is 3.37. The largest absolute Gasteiger partial charge is 0.489 e. The number of hydrogen-bond acceptors (Lipinski definition) is 6. The zero-order valence-corrected chi connectivity index (χ0v) is 25.7. The third-order valence-corrected chi connectivity index (χ3v) is 9.73. The summed E-state index contributed by atoms with van der Waals surface area (Å²) in [5.74, 6) is -0.395. The maximum absolute atomic E-state index is 15.8. The third kappa shape index (κ3) is 6.34. The molecule has 3 aliphatic rings. The second kappa shape index (κ2) is 13.3. The summed E-state index contributed by atoms with van der Waals surface area (Å²) in [5, 5.41) is 10.9. The summed E-state index contributed by atoms with van der Waals surface area (Å²) >= 11 is 0. The number of ether oxygens (including phenoxy) is 2. The van der Waals surface area contributed by atoms with Crippen molar-refractivity contribution in [3.8, 4) is 17.0 Å². The fraction of sp³-hybridized carbons (Fsp3) is 0.444. The molecule has 2 aromatic heterocycles. The molecule has 7 rings (SSSR count). The van der Waals surface area contributed by atoms with Crippen LogP contribution in [0.5, 0.6) is 5.75 Å². The van der Waals surface area contributed by atoms with Gasteiger partial charge in [0.15, 0.2) is 0 Å². The SMILES string of the molecule is O=C(O)c1ccc2c([C@H]3CCCC[C@@H]3F)c3n(c2c1)CCN(CCN1CCOCC1)Cc1cc(OCc2cccnc2)ccc1-3. The van der Waals surface area contributed by atoms with Crippen LogP contribution < -0.4 is 4.74 Å². The predicted molar refractivity (Wildman–Crippen MR) is 172 cm³/mol. The molecular weight excluding hydrogens is 571 g/mol. The van der Waals surface area contributed by atoms with Gasteiger partial charge in [0.1, 0.15) is 18.5 Å². The Labute approximate surface area is 263 Å². The Hall–Kier alpha value is -3.79. The van der Waals surface area contributed by atoms with E-state index in [9.17, 15) is 9.90 Å². The van der Waals surface area contributed by atoms with Crippen LogP contribution in [0.4, 0.5) is 4.39 Å². The smallest absolute Gasteiger partial charge is 0.335 e. The molecular formula is C36H41FN4O4. The number of hydrogen-bond donors (Lipinski definition) is 1. The highest BCUT2D eigenvalue weighted by molar-refractivity contribution is 5.98. The molecule has 8 nitrogen and oxygen atoms in total. The van der Waals surface area contributed by atoms with Crippen molar-refractivity contribution in [3.63, 3.8) is 0 Å². The van der Waals surface area contributed by atoms with Crippen molar-refractivity contribution in [1.82, 2.24) is 19.4 Å². The summed E-state index contributed by atoms with van der Waals surface area (Å²) in [6.45, 7) is 7.92. The van der Waals surface area contributed by atoms with Gasteiger partial charge in [-0.2, -0.15) is 0 Å². The van der Waals surface area contributed by atoms with E-state index in [0.717, 1.165) is 116 Å². The van der Waals surface area contributed by atoms with E-state index in [2.05, 4.69) is 31.5 Å². The first-order valence-corrected chi connectivity index (χ1v) is 16.3. The van der Waals surface area contributed by atoms with E-state index in [1.165, 1.54) is 0 Å². The van der Waals surface area contributed by atoms with Crippen molar-refractivity contribution in [3.05, 3.63) is 83.2 Å². The highest BCUT2D eigenvalue weighted by Crippen LogP contribution is 2.47. The molecule has 4 heterocycles. The number of carboxylic acids is 1. The van der Waals surface area contributed by atoms with Gasteiger partial charge in [0.05, 0.1) is 24.5 Å². The maximum Gasteiger partial charge on any atom is 0.335 e. The van der Waals surface area contributed by atoms with Crippen molar-refractivity contribution in [2.75, 3.05) is 45.9 Å². The Bertz CT molecular complexity index is 1650. The van der Waals surface area contributed by atoms with Gasteiger partial charge in [-0.15, -0.1) is 0 Å². The zero-order valence-electron chi connectivity index (χ0n) is 25.7. The van der Waals surface area contributed by atoms with Crippen LogP contribution in [0.15, 0.2) is 60.9 Å². The first-order valence-electron chi connectivity index (χ1n) is 16.3. The van der Waals surface area contributed by atoms with Crippen LogP contribution in [-0.4, -0.2) is 82.5 Å². The van der Waals surface area contributed by atoms with E-state index in [1.807, 2.05) is 30.5 Å². The number of rotatable bonds is 8. The van der Waals surface area contributed by atoms with E-state index in [1.54, 1.807) is 18.3 Å². The van der Waals surface area contributed by atoms with Gasteiger partial charge in [-0.05, 0) is 60.4 Å². The molecule has 0 radical (unpaired) electrons. The lowest BCUT2D eigenvalue weighted by atomic mass is 9.80. The van der Waals surface area contributed by atoms with Crippen molar-refractivity contribution < 1.29 is 23.8 Å². The van der Waals surface area contributed by atoms with Gasteiger partial charge >= 0.3 is 5.97 Å². The number of aromatic nitrogens is 2. The number of pyridine rings is 1. The first-order chi connectivity index (χ1) is 22.0. The fourth-order valence-electron chi connectivity index (χ4n) is 7.35. The quantitative estimate of drug-likeness (QED) is 0.257. The van der Waals surface area contributed by atoms with Gasteiger partial charge < -0.3 is 19.1 Å². The molecule has 9 heteroatoms. The van der Waals surface area contributed by atoms with Crippen molar-refractivity contribution >= 4 is 16.9 Å². The second-order valence-electron chi connectivity index (χ2n) is 12.6. The molecule has 1 saturated heterocycles. The first kappa shape index (κ1) is 29.9. The lowest BCUT2D eigenvalue weighted by molar-refractivity contribution is 0.0327. The third-order valence-electron chi connectivity index (χ3n) is 9.73. The van der Waals surface area contributed by atoms with E-state index in [-0.39, 0.29) is 11.5 Å². The summed E-state index contributed by atoms with van der Waals surface area (Å²) in [6, 6.07) is 15.6. The number of nitrogens with zero attached hydrogens (tertiary/aromatic N) is 4. The molecule has 0 amide bonds. The minimum atomic E-state index is -0.955. The van der Waals surface area contributed by atoms with Crippen molar-refractivity contribution in [1.29, 1.82) is 0 Å². The minimum Gasteiger partial charge on any atom is -0.489 e. The predicted octanol–water partition coefficient (Wildman–Crippen LogP) is 6.12. The molecule has 0 bridgehead atoms. The molecule has 1 aliphatic carbocycles.